The summed E-state index contributed by atoms with van der Waals surface area (Å²) < 4.78 is 1.68. The topological polar surface area (TPSA) is 75.4 Å². The molecule has 1 fully saturated rings. The normalized spacial score (nSPS) is 15.6. The SMILES string of the molecule is Cc1cc(C)n(CC(=O)N2CC(CC(=O)O)C2)n1. The van der Waals surface area contributed by atoms with Gasteiger partial charge in [-0.3, -0.25) is 14.3 Å². The second-order valence-corrected chi connectivity index (χ2v) is 4.85. The summed E-state index contributed by atoms with van der Waals surface area (Å²) in [7, 11) is 0. The summed E-state index contributed by atoms with van der Waals surface area (Å²) in [6, 6.07) is 1.93. The van der Waals surface area contributed by atoms with Crippen LogP contribution in [0.3, 0.4) is 0 Å². The third kappa shape index (κ3) is 2.69. The van der Waals surface area contributed by atoms with Crippen molar-refractivity contribution in [2.45, 2.75) is 26.8 Å². The van der Waals surface area contributed by atoms with Crippen LogP contribution in [0.25, 0.3) is 0 Å². The van der Waals surface area contributed by atoms with Crippen molar-refractivity contribution in [2.24, 2.45) is 5.92 Å². The van der Waals surface area contributed by atoms with Gasteiger partial charge in [0.1, 0.15) is 6.54 Å². The van der Waals surface area contributed by atoms with E-state index >= 15 is 0 Å². The Morgan fingerprint density at radius 1 is 1.44 bits per heavy atom. The summed E-state index contributed by atoms with van der Waals surface area (Å²) in [6.07, 6.45) is 0.143. The van der Waals surface area contributed by atoms with Gasteiger partial charge in [-0.05, 0) is 19.9 Å². The lowest BCUT2D eigenvalue weighted by Gasteiger charge is -2.38. The van der Waals surface area contributed by atoms with Crippen LogP contribution in [0.5, 0.6) is 0 Å². The number of carboxylic acid groups (broad SMARTS) is 1. The summed E-state index contributed by atoms with van der Waals surface area (Å²) in [6.45, 7) is 5.13. The first kappa shape index (κ1) is 12.6. The zero-order chi connectivity index (χ0) is 13.3. The van der Waals surface area contributed by atoms with Gasteiger partial charge >= 0.3 is 5.97 Å². The van der Waals surface area contributed by atoms with Crippen LogP contribution < -0.4 is 0 Å². The van der Waals surface area contributed by atoms with Gasteiger partial charge in [0, 0.05) is 24.7 Å². The fourth-order valence-corrected chi connectivity index (χ4v) is 2.21. The molecule has 6 heteroatoms. The van der Waals surface area contributed by atoms with Crippen molar-refractivity contribution in [3.05, 3.63) is 17.5 Å². The van der Waals surface area contributed by atoms with Crippen LogP contribution in [0.4, 0.5) is 0 Å². The van der Waals surface area contributed by atoms with Crippen LogP contribution >= 0.6 is 0 Å². The molecule has 0 radical (unpaired) electrons. The fourth-order valence-electron chi connectivity index (χ4n) is 2.21. The highest BCUT2D eigenvalue weighted by Gasteiger charge is 2.32. The molecule has 0 aliphatic carbocycles. The molecular formula is C12H17N3O3. The first-order valence-electron chi connectivity index (χ1n) is 5.96. The number of nitrogens with zero attached hydrogens (tertiary/aromatic N) is 3. The molecule has 1 N–H and O–H groups in total. The predicted molar refractivity (Wildman–Crippen MR) is 64.0 cm³/mol. The summed E-state index contributed by atoms with van der Waals surface area (Å²) in [5.74, 6) is -0.694. The largest absolute Gasteiger partial charge is 0.481 e. The van der Waals surface area contributed by atoms with Gasteiger partial charge < -0.3 is 10.0 Å². The molecule has 2 rings (SSSR count). The van der Waals surface area contributed by atoms with Crippen molar-refractivity contribution in [2.75, 3.05) is 13.1 Å². The Hall–Kier alpha value is -1.85. The van der Waals surface area contributed by atoms with Crippen LogP contribution in [0.1, 0.15) is 17.8 Å². The third-order valence-corrected chi connectivity index (χ3v) is 3.16. The lowest BCUT2D eigenvalue weighted by molar-refractivity contribution is -0.145. The average Bonchev–Trinajstić information content (AvgIpc) is 2.50. The molecule has 1 aromatic rings. The van der Waals surface area contributed by atoms with Gasteiger partial charge in [-0.25, -0.2) is 0 Å². The van der Waals surface area contributed by atoms with Crippen molar-refractivity contribution >= 4 is 11.9 Å². The number of rotatable bonds is 4. The van der Waals surface area contributed by atoms with E-state index in [9.17, 15) is 9.59 Å². The number of hydrogen-bond acceptors (Lipinski definition) is 3. The fraction of sp³-hybridized carbons (Fsp3) is 0.583. The summed E-state index contributed by atoms with van der Waals surface area (Å²) in [4.78, 5) is 24.1. The first-order valence-corrected chi connectivity index (χ1v) is 5.96. The van der Waals surface area contributed by atoms with Crippen LogP contribution in [-0.4, -0.2) is 44.8 Å². The minimum Gasteiger partial charge on any atom is -0.481 e. The summed E-state index contributed by atoms with van der Waals surface area (Å²) >= 11 is 0. The van der Waals surface area contributed by atoms with E-state index in [4.69, 9.17) is 5.11 Å². The number of aromatic nitrogens is 2. The predicted octanol–water partition coefficient (Wildman–Crippen LogP) is 0.433. The van der Waals surface area contributed by atoms with Crippen molar-refractivity contribution in [1.29, 1.82) is 0 Å². The van der Waals surface area contributed by atoms with Crippen molar-refractivity contribution in [3.63, 3.8) is 0 Å². The van der Waals surface area contributed by atoms with Crippen molar-refractivity contribution < 1.29 is 14.7 Å². The standard InChI is InChI=1S/C12H17N3O3/c1-8-3-9(2)15(13-8)7-11(16)14-5-10(6-14)4-12(17)18/h3,10H,4-7H2,1-2H3,(H,17,18). The Bertz CT molecular complexity index is 475. The highest BCUT2D eigenvalue weighted by Crippen LogP contribution is 2.19. The van der Waals surface area contributed by atoms with Crippen LogP contribution in [-0.2, 0) is 16.1 Å². The molecule has 0 spiro atoms. The van der Waals surface area contributed by atoms with Gasteiger partial charge in [0.15, 0.2) is 0 Å². The number of aliphatic carboxylic acids is 1. The van der Waals surface area contributed by atoms with E-state index in [2.05, 4.69) is 5.10 Å². The zero-order valence-corrected chi connectivity index (χ0v) is 10.6. The van der Waals surface area contributed by atoms with Crippen LogP contribution in [0.2, 0.25) is 0 Å². The monoisotopic (exact) mass is 251 g/mol. The third-order valence-electron chi connectivity index (χ3n) is 3.16. The molecule has 1 aromatic heterocycles. The lowest BCUT2D eigenvalue weighted by atomic mass is 9.96. The van der Waals surface area contributed by atoms with E-state index in [0.717, 1.165) is 11.4 Å². The molecule has 18 heavy (non-hydrogen) atoms. The molecule has 98 valence electrons. The van der Waals surface area contributed by atoms with Gasteiger partial charge in [-0.1, -0.05) is 0 Å². The Labute approximate surface area is 105 Å². The molecular weight excluding hydrogens is 234 g/mol. The van der Waals surface area contributed by atoms with Gasteiger partial charge in [-0.2, -0.15) is 5.10 Å². The Kier molecular flexibility index (Phi) is 3.36. The highest BCUT2D eigenvalue weighted by molar-refractivity contribution is 5.77. The molecule has 0 unspecified atom stereocenters. The van der Waals surface area contributed by atoms with Gasteiger partial charge in [-0.15, -0.1) is 0 Å². The molecule has 1 saturated heterocycles. The van der Waals surface area contributed by atoms with E-state index < -0.39 is 5.97 Å². The number of carbonyl (C=O) groups excluding carboxylic acids is 1. The molecule has 1 aliphatic rings. The molecule has 2 heterocycles. The number of carbonyl (C=O) groups is 2. The van der Waals surface area contributed by atoms with Gasteiger partial charge in [0.2, 0.25) is 5.91 Å². The minimum absolute atomic E-state index is 0.00263. The molecule has 0 aromatic carbocycles. The maximum absolute atomic E-state index is 11.9. The van der Waals surface area contributed by atoms with E-state index in [-0.39, 0.29) is 24.8 Å². The van der Waals surface area contributed by atoms with Gasteiger partial charge in [0.05, 0.1) is 12.1 Å². The first-order chi connectivity index (χ1) is 8.45. The maximum Gasteiger partial charge on any atom is 0.303 e. The van der Waals surface area contributed by atoms with Gasteiger partial charge in [0.25, 0.3) is 0 Å². The van der Waals surface area contributed by atoms with Crippen molar-refractivity contribution in [1.82, 2.24) is 14.7 Å². The summed E-state index contributed by atoms with van der Waals surface area (Å²) in [5, 5.41) is 12.9. The minimum atomic E-state index is -0.800. The number of likely N-dealkylation sites (tertiary alicyclic amines) is 1. The number of hydrogen-bond donors (Lipinski definition) is 1. The van der Waals surface area contributed by atoms with E-state index in [1.54, 1.807) is 9.58 Å². The van der Waals surface area contributed by atoms with Crippen LogP contribution in [0.15, 0.2) is 6.07 Å². The lowest BCUT2D eigenvalue weighted by Crippen LogP contribution is -2.51. The Morgan fingerprint density at radius 3 is 2.61 bits per heavy atom. The molecule has 1 amide bonds. The average molecular weight is 251 g/mol. The summed E-state index contributed by atoms with van der Waals surface area (Å²) in [5.41, 5.74) is 1.86. The Morgan fingerprint density at radius 2 is 2.11 bits per heavy atom. The van der Waals surface area contributed by atoms with Crippen molar-refractivity contribution in [3.8, 4) is 0 Å². The smallest absolute Gasteiger partial charge is 0.303 e. The highest BCUT2D eigenvalue weighted by atomic mass is 16.4. The van der Waals surface area contributed by atoms with E-state index in [1.165, 1.54) is 0 Å². The molecule has 0 saturated carbocycles. The Balaban J connectivity index is 1.84. The molecule has 0 atom stereocenters. The number of amides is 1. The second-order valence-electron chi connectivity index (χ2n) is 4.85. The quantitative estimate of drug-likeness (QED) is 0.842. The molecule has 0 bridgehead atoms. The maximum atomic E-state index is 11.9. The molecule has 1 aliphatic heterocycles. The number of carboxylic acids is 1. The molecule has 6 nitrogen and oxygen atoms in total. The second kappa shape index (κ2) is 4.80. The van der Waals surface area contributed by atoms with Crippen LogP contribution in [0, 0.1) is 19.8 Å². The van der Waals surface area contributed by atoms with E-state index in [1.807, 2.05) is 19.9 Å². The van der Waals surface area contributed by atoms with E-state index in [0.29, 0.717) is 13.1 Å². The zero-order valence-electron chi connectivity index (χ0n) is 10.6. The number of aryl methyl sites for hydroxylation is 2.